The van der Waals surface area contributed by atoms with Gasteiger partial charge in [-0.25, -0.2) is 4.68 Å². The molecule has 1 aromatic heterocycles. The topological polar surface area (TPSA) is 53.1 Å². The molecule has 4 nitrogen and oxygen atoms in total. The van der Waals surface area contributed by atoms with Crippen LogP contribution in [0.25, 0.3) is 16.9 Å². The summed E-state index contributed by atoms with van der Waals surface area (Å²) in [4.78, 5) is 0. The molecular formula is C18H18ClN3O. The van der Waals surface area contributed by atoms with Crippen LogP contribution >= 0.6 is 11.6 Å². The molecule has 2 N–H and O–H groups in total. The van der Waals surface area contributed by atoms with E-state index in [9.17, 15) is 0 Å². The molecule has 0 fully saturated rings. The van der Waals surface area contributed by atoms with Crippen molar-refractivity contribution in [2.45, 2.75) is 13.5 Å². The lowest BCUT2D eigenvalue weighted by molar-refractivity contribution is 0.340. The second-order valence-electron chi connectivity index (χ2n) is 5.07. The molecule has 0 radical (unpaired) electrons. The van der Waals surface area contributed by atoms with Crippen LogP contribution < -0.4 is 10.5 Å². The minimum Gasteiger partial charge on any atom is -0.494 e. The van der Waals surface area contributed by atoms with Gasteiger partial charge in [0.05, 0.1) is 23.7 Å². The highest BCUT2D eigenvalue weighted by Gasteiger charge is 2.11. The number of aromatic nitrogens is 2. The SMILES string of the molecule is CCOc1ccc(-c2cc(CN)nn2-c2cccc(Cl)c2)cc1. The molecule has 0 spiro atoms. The van der Waals surface area contributed by atoms with E-state index in [4.69, 9.17) is 22.1 Å². The fourth-order valence-electron chi connectivity index (χ4n) is 2.43. The first-order valence-electron chi connectivity index (χ1n) is 7.49. The summed E-state index contributed by atoms with van der Waals surface area (Å²) < 4.78 is 7.36. The van der Waals surface area contributed by atoms with E-state index in [1.165, 1.54) is 0 Å². The summed E-state index contributed by atoms with van der Waals surface area (Å²) in [6, 6.07) is 17.5. The van der Waals surface area contributed by atoms with E-state index in [0.717, 1.165) is 28.4 Å². The van der Waals surface area contributed by atoms with Crippen LogP contribution in [0.2, 0.25) is 5.02 Å². The number of benzene rings is 2. The molecule has 3 rings (SSSR count). The largest absolute Gasteiger partial charge is 0.494 e. The molecule has 0 saturated carbocycles. The van der Waals surface area contributed by atoms with Gasteiger partial charge >= 0.3 is 0 Å². The van der Waals surface area contributed by atoms with Gasteiger partial charge in [-0.2, -0.15) is 5.10 Å². The zero-order valence-electron chi connectivity index (χ0n) is 12.9. The van der Waals surface area contributed by atoms with Crippen molar-refractivity contribution in [3.8, 4) is 22.7 Å². The Hall–Kier alpha value is -2.30. The van der Waals surface area contributed by atoms with Crippen molar-refractivity contribution in [3.63, 3.8) is 0 Å². The van der Waals surface area contributed by atoms with Gasteiger partial charge in [0.15, 0.2) is 0 Å². The van der Waals surface area contributed by atoms with Crippen LogP contribution in [0.3, 0.4) is 0 Å². The molecule has 0 bridgehead atoms. The Bertz CT molecular complexity index is 796. The van der Waals surface area contributed by atoms with Gasteiger partial charge in [0.25, 0.3) is 0 Å². The number of hydrogen-bond donors (Lipinski definition) is 1. The predicted molar refractivity (Wildman–Crippen MR) is 93.1 cm³/mol. The standard InChI is InChI=1S/C18H18ClN3O/c1-2-23-17-8-6-13(7-9-17)18-11-15(12-20)21-22(18)16-5-3-4-14(19)10-16/h3-11H,2,12,20H2,1H3. The minimum absolute atomic E-state index is 0.387. The molecule has 0 saturated heterocycles. The molecule has 0 unspecified atom stereocenters. The average Bonchev–Trinajstić information content (AvgIpc) is 3.00. The molecule has 0 aliphatic carbocycles. The Morgan fingerprint density at radius 1 is 1.13 bits per heavy atom. The Balaban J connectivity index is 2.06. The van der Waals surface area contributed by atoms with Crippen molar-refractivity contribution in [1.82, 2.24) is 9.78 Å². The normalized spacial score (nSPS) is 10.7. The number of ether oxygens (including phenoxy) is 1. The van der Waals surface area contributed by atoms with Gasteiger partial charge in [0, 0.05) is 17.1 Å². The molecule has 0 amide bonds. The molecule has 0 aliphatic rings. The lowest BCUT2D eigenvalue weighted by Crippen LogP contribution is -2.01. The Morgan fingerprint density at radius 3 is 2.57 bits per heavy atom. The van der Waals surface area contributed by atoms with Crippen molar-refractivity contribution in [2.75, 3.05) is 6.61 Å². The fraction of sp³-hybridized carbons (Fsp3) is 0.167. The summed E-state index contributed by atoms with van der Waals surface area (Å²) in [6.45, 7) is 3.00. The molecular weight excluding hydrogens is 310 g/mol. The zero-order valence-corrected chi connectivity index (χ0v) is 13.6. The van der Waals surface area contributed by atoms with E-state index in [1.54, 1.807) is 0 Å². The van der Waals surface area contributed by atoms with Crippen molar-refractivity contribution in [1.29, 1.82) is 0 Å². The van der Waals surface area contributed by atoms with E-state index in [2.05, 4.69) is 5.10 Å². The van der Waals surface area contributed by atoms with Gasteiger partial charge in [0.1, 0.15) is 5.75 Å². The van der Waals surface area contributed by atoms with Gasteiger partial charge in [-0.05, 0) is 55.5 Å². The predicted octanol–water partition coefficient (Wildman–Crippen LogP) is 4.05. The summed E-state index contributed by atoms with van der Waals surface area (Å²) in [5, 5.41) is 5.25. The number of halogens is 1. The van der Waals surface area contributed by atoms with Crippen molar-refractivity contribution in [2.24, 2.45) is 5.73 Å². The number of nitrogens with two attached hydrogens (primary N) is 1. The maximum atomic E-state index is 6.11. The maximum Gasteiger partial charge on any atom is 0.119 e. The quantitative estimate of drug-likeness (QED) is 0.769. The zero-order chi connectivity index (χ0) is 16.2. The molecule has 0 atom stereocenters. The third-order valence-corrected chi connectivity index (χ3v) is 3.72. The van der Waals surface area contributed by atoms with Crippen molar-refractivity contribution < 1.29 is 4.74 Å². The van der Waals surface area contributed by atoms with Crippen LogP contribution in [0.5, 0.6) is 5.75 Å². The Morgan fingerprint density at radius 2 is 1.91 bits per heavy atom. The highest BCUT2D eigenvalue weighted by Crippen LogP contribution is 2.27. The Labute approximate surface area is 140 Å². The van der Waals surface area contributed by atoms with E-state index in [1.807, 2.05) is 66.2 Å². The van der Waals surface area contributed by atoms with Crippen LogP contribution in [-0.2, 0) is 6.54 Å². The summed E-state index contributed by atoms with van der Waals surface area (Å²) >= 11 is 6.11. The van der Waals surface area contributed by atoms with E-state index in [0.29, 0.717) is 18.2 Å². The number of hydrogen-bond acceptors (Lipinski definition) is 3. The van der Waals surface area contributed by atoms with Crippen LogP contribution in [0.15, 0.2) is 54.6 Å². The van der Waals surface area contributed by atoms with E-state index in [-0.39, 0.29) is 0 Å². The summed E-state index contributed by atoms with van der Waals surface area (Å²) in [5.74, 6) is 0.851. The number of nitrogens with zero attached hydrogens (tertiary/aromatic N) is 2. The first-order valence-corrected chi connectivity index (χ1v) is 7.87. The van der Waals surface area contributed by atoms with E-state index >= 15 is 0 Å². The van der Waals surface area contributed by atoms with Gasteiger partial charge in [-0.1, -0.05) is 17.7 Å². The van der Waals surface area contributed by atoms with Gasteiger partial charge in [-0.15, -0.1) is 0 Å². The van der Waals surface area contributed by atoms with E-state index < -0.39 is 0 Å². The van der Waals surface area contributed by atoms with Crippen molar-refractivity contribution in [3.05, 3.63) is 65.3 Å². The highest BCUT2D eigenvalue weighted by atomic mass is 35.5. The smallest absolute Gasteiger partial charge is 0.119 e. The Kier molecular flexibility index (Phi) is 4.65. The molecule has 3 aromatic rings. The molecule has 23 heavy (non-hydrogen) atoms. The van der Waals surface area contributed by atoms with Crippen LogP contribution in [0, 0.1) is 0 Å². The average molecular weight is 328 g/mol. The van der Waals surface area contributed by atoms with Gasteiger partial charge in [0.2, 0.25) is 0 Å². The third-order valence-electron chi connectivity index (χ3n) is 3.48. The third kappa shape index (κ3) is 3.38. The summed E-state index contributed by atoms with van der Waals surface area (Å²) in [6.07, 6.45) is 0. The molecule has 1 heterocycles. The highest BCUT2D eigenvalue weighted by molar-refractivity contribution is 6.30. The molecule has 118 valence electrons. The van der Waals surface area contributed by atoms with Crippen LogP contribution in [0.4, 0.5) is 0 Å². The van der Waals surface area contributed by atoms with Crippen LogP contribution in [0.1, 0.15) is 12.6 Å². The summed E-state index contributed by atoms with van der Waals surface area (Å²) in [7, 11) is 0. The molecule has 5 heteroatoms. The summed E-state index contributed by atoms with van der Waals surface area (Å²) in [5.41, 5.74) is 9.50. The minimum atomic E-state index is 0.387. The second kappa shape index (κ2) is 6.86. The molecule has 2 aromatic carbocycles. The fourth-order valence-corrected chi connectivity index (χ4v) is 2.61. The maximum absolute atomic E-state index is 6.11. The van der Waals surface area contributed by atoms with Gasteiger partial charge in [-0.3, -0.25) is 0 Å². The van der Waals surface area contributed by atoms with Gasteiger partial charge < -0.3 is 10.5 Å². The van der Waals surface area contributed by atoms with Crippen molar-refractivity contribution >= 4 is 11.6 Å². The number of rotatable bonds is 5. The lowest BCUT2D eigenvalue weighted by atomic mass is 10.1. The van der Waals surface area contributed by atoms with Crippen LogP contribution in [-0.4, -0.2) is 16.4 Å². The first kappa shape index (κ1) is 15.6. The second-order valence-corrected chi connectivity index (χ2v) is 5.51. The lowest BCUT2D eigenvalue weighted by Gasteiger charge is -2.09. The monoisotopic (exact) mass is 327 g/mol. The molecule has 0 aliphatic heterocycles. The first-order chi connectivity index (χ1) is 11.2.